The van der Waals surface area contributed by atoms with E-state index < -0.39 is 4.92 Å². The van der Waals surface area contributed by atoms with Gasteiger partial charge in [-0.1, -0.05) is 6.92 Å². The molecule has 5 nitrogen and oxygen atoms in total. The van der Waals surface area contributed by atoms with Gasteiger partial charge in [-0.25, -0.2) is 0 Å². The van der Waals surface area contributed by atoms with E-state index in [4.69, 9.17) is 4.74 Å². The molecular formula is C11H14N2O3. The smallest absolute Gasteiger partial charge is 0.406 e. The lowest BCUT2D eigenvalue weighted by Gasteiger charge is -2.12. The maximum atomic E-state index is 10.7. The first-order valence-electron chi connectivity index (χ1n) is 5.43. The number of nitrogens with zero attached hydrogens (tertiary/aromatic N) is 2. The van der Waals surface area contributed by atoms with Gasteiger partial charge in [0.25, 0.3) is 0 Å². The number of hydrogen-bond acceptors (Lipinski definition) is 4. The minimum absolute atomic E-state index is 0.0953. The van der Waals surface area contributed by atoms with Crippen LogP contribution in [0.1, 0.15) is 26.2 Å². The summed E-state index contributed by atoms with van der Waals surface area (Å²) in [6.07, 6.45) is 4.55. The molecule has 2 rings (SSSR count). The lowest BCUT2D eigenvalue weighted by molar-refractivity contribution is -0.390. The van der Waals surface area contributed by atoms with E-state index in [-0.39, 0.29) is 17.7 Å². The molecule has 86 valence electrons. The van der Waals surface area contributed by atoms with Gasteiger partial charge in [-0.3, -0.25) is 0 Å². The van der Waals surface area contributed by atoms with Gasteiger partial charge in [0.15, 0.2) is 0 Å². The van der Waals surface area contributed by atoms with Crippen LogP contribution in [0.25, 0.3) is 0 Å². The summed E-state index contributed by atoms with van der Waals surface area (Å²) >= 11 is 0. The van der Waals surface area contributed by atoms with Crippen molar-refractivity contribution in [1.29, 1.82) is 0 Å². The maximum absolute atomic E-state index is 10.7. The van der Waals surface area contributed by atoms with E-state index in [9.17, 15) is 10.1 Å². The Hall–Kier alpha value is -1.65. The molecule has 1 saturated carbocycles. The van der Waals surface area contributed by atoms with Crippen LogP contribution < -0.4 is 4.74 Å². The lowest BCUT2D eigenvalue weighted by atomic mass is 10.1. The van der Waals surface area contributed by atoms with Gasteiger partial charge < -0.3 is 14.9 Å². The van der Waals surface area contributed by atoms with Crippen molar-refractivity contribution in [2.24, 2.45) is 5.92 Å². The summed E-state index contributed by atoms with van der Waals surface area (Å²) in [6.45, 7) is 2.17. The highest BCUT2D eigenvalue weighted by atomic mass is 16.6. The van der Waals surface area contributed by atoms with Crippen molar-refractivity contribution < 1.29 is 9.66 Å². The summed E-state index contributed by atoms with van der Waals surface area (Å²) in [6, 6.07) is 3.26. The highest BCUT2D eigenvalue weighted by Gasteiger charge is 2.25. The van der Waals surface area contributed by atoms with E-state index in [0.29, 0.717) is 5.92 Å². The van der Waals surface area contributed by atoms with Crippen LogP contribution in [0, 0.1) is 16.0 Å². The lowest BCUT2D eigenvalue weighted by Crippen LogP contribution is -2.13. The number of hydrogen-bond donors (Lipinski definition) is 0. The summed E-state index contributed by atoms with van der Waals surface area (Å²) in [5.41, 5.74) is 0. The molecular weight excluding hydrogens is 208 g/mol. The summed E-state index contributed by atoms with van der Waals surface area (Å²) < 4.78 is 5.63. The molecule has 2 atom stereocenters. The molecule has 0 N–H and O–H groups in total. The van der Waals surface area contributed by atoms with Crippen LogP contribution >= 0.6 is 0 Å². The molecule has 1 aliphatic rings. The summed E-state index contributed by atoms with van der Waals surface area (Å²) in [5.74, 6) is 0.731. The first-order valence-corrected chi connectivity index (χ1v) is 5.43. The first kappa shape index (κ1) is 10.9. The number of aromatic nitrogens is 1. The third-order valence-corrected chi connectivity index (χ3v) is 2.86. The fourth-order valence-corrected chi connectivity index (χ4v) is 2.05. The number of rotatable bonds is 3. The molecule has 0 bridgehead atoms. The van der Waals surface area contributed by atoms with Crippen molar-refractivity contribution >= 4 is 5.82 Å². The van der Waals surface area contributed by atoms with Gasteiger partial charge in [-0.05, 0) is 47.2 Å². The van der Waals surface area contributed by atoms with Crippen LogP contribution in [0.4, 0.5) is 5.82 Å². The highest BCUT2D eigenvalue weighted by molar-refractivity contribution is 5.38. The predicted octanol–water partition coefficient (Wildman–Crippen LogP) is 2.56. The van der Waals surface area contributed by atoms with Gasteiger partial charge in [0, 0.05) is 0 Å². The molecule has 1 aromatic rings. The first-order chi connectivity index (χ1) is 7.66. The van der Waals surface area contributed by atoms with Crippen molar-refractivity contribution in [3.05, 3.63) is 28.4 Å². The highest BCUT2D eigenvalue weighted by Crippen LogP contribution is 2.31. The number of ether oxygens (including phenoxy) is 1. The normalized spacial score (nSPS) is 24.3. The summed E-state index contributed by atoms with van der Waals surface area (Å²) in [5, 5.41) is 10.7. The Labute approximate surface area is 93.6 Å². The Morgan fingerprint density at radius 2 is 2.38 bits per heavy atom. The number of pyridine rings is 1. The minimum Gasteiger partial charge on any atom is -0.482 e. The van der Waals surface area contributed by atoms with Crippen LogP contribution in [-0.4, -0.2) is 16.0 Å². The van der Waals surface area contributed by atoms with E-state index in [1.165, 1.54) is 6.20 Å². The van der Waals surface area contributed by atoms with E-state index in [0.717, 1.165) is 19.3 Å². The van der Waals surface area contributed by atoms with Gasteiger partial charge >= 0.3 is 5.82 Å². The molecule has 2 unspecified atom stereocenters. The average Bonchev–Trinajstić information content (AvgIpc) is 2.64. The molecule has 0 saturated heterocycles. The molecule has 16 heavy (non-hydrogen) atoms. The second kappa shape index (κ2) is 4.47. The molecule has 1 fully saturated rings. The van der Waals surface area contributed by atoms with Gasteiger partial charge in [0.2, 0.25) is 5.75 Å². The Bertz CT molecular complexity index is 395. The van der Waals surface area contributed by atoms with Crippen LogP contribution in [0.15, 0.2) is 18.3 Å². The van der Waals surface area contributed by atoms with Crippen LogP contribution in [0.2, 0.25) is 0 Å². The van der Waals surface area contributed by atoms with E-state index >= 15 is 0 Å². The fourth-order valence-electron chi connectivity index (χ4n) is 2.05. The monoisotopic (exact) mass is 222 g/mol. The summed E-state index contributed by atoms with van der Waals surface area (Å²) in [7, 11) is 0. The molecule has 5 heteroatoms. The van der Waals surface area contributed by atoms with E-state index in [2.05, 4.69) is 11.9 Å². The van der Waals surface area contributed by atoms with Crippen molar-refractivity contribution in [1.82, 2.24) is 4.98 Å². The maximum Gasteiger partial charge on any atom is 0.406 e. The molecule has 1 aromatic heterocycles. The minimum atomic E-state index is -0.506. The Kier molecular flexibility index (Phi) is 3.03. The van der Waals surface area contributed by atoms with Gasteiger partial charge in [-0.2, -0.15) is 0 Å². The Balaban J connectivity index is 2.12. The third kappa shape index (κ3) is 2.29. The van der Waals surface area contributed by atoms with Gasteiger partial charge in [0.1, 0.15) is 6.20 Å². The van der Waals surface area contributed by atoms with E-state index in [1.807, 2.05) is 0 Å². The molecule has 0 radical (unpaired) electrons. The van der Waals surface area contributed by atoms with Crippen LogP contribution in [-0.2, 0) is 0 Å². The quantitative estimate of drug-likeness (QED) is 0.582. The van der Waals surface area contributed by atoms with Crippen molar-refractivity contribution in [3.8, 4) is 5.75 Å². The zero-order valence-electron chi connectivity index (χ0n) is 9.13. The molecule has 1 heterocycles. The fraction of sp³-hybridized carbons (Fsp3) is 0.545. The third-order valence-electron chi connectivity index (χ3n) is 2.86. The van der Waals surface area contributed by atoms with Crippen molar-refractivity contribution in [2.75, 3.05) is 0 Å². The molecule has 0 aliphatic heterocycles. The van der Waals surface area contributed by atoms with Crippen molar-refractivity contribution in [3.63, 3.8) is 0 Å². The molecule has 0 spiro atoms. The zero-order chi connectivity index (χ0) is 11.5. The largest absolute Gasteiger partial charge is 0.482 e. The SMILES string of the molecule is CC1CCC(Oc2cccnc2[N+](=O)[O-])C1. The predicted molar refractivity (Wildman–Crippen MR) is 58.3 cm³/mol. The molecule has 0 aromatic carbocycles. The standard InChI is InChI=1S/C11H14N2O3/c1-8-4-5-9(7-8)16-10-3-2-6-12-11(10)13(14)15/h2-3,6,8-9H,4-5,7H2,1H3. The van der Waals surface area contributed by atoms with Crippen LogP contribution in [0.5, 0.6) is 5.75 Å². The molecule has 1 aliphatic carbocycles. The van der Waals surface area contributed by atoms with Gasteiger partial charge in [0.05, 0.1) is 6.10 Å². The van der Waals surface area contributed by atoms with Crippen LogP contribution in [0.3, 0.4) is 0 Å². The van der Waals surface area contributed by atoms with E-state index in [1.54, 1.807) is 12.1 Å². The topological polar surface area (TPSA) is 65.3 Å². The second-order valence-electron chi connectivity index (χ2n) is 4.24. The Morgan fingerprint density at radius 3 is 3.00 bits per heavy atom. The zero-order valence-corrected chi connectivity index (χ0v) is 9.13. The number of nitro groups is 1. The van der Waals surface area contributed by atoms with Gasteiger partial charge in [-0.15, -0.1) is 0 Å². The average molecular weight is 222 g/mol. The summed E-state index contributed by atoms with van der Waals surface area (Å²) in [4.78, 5) is 13.9. The Morgan fingerprint density at radius 1 is 1.56 bits per heavy atom. The molecule has 0 amide bonds. The van der Waals surface area contributed by atoms with Crippen molar-refractivity contribution in [2.45, 2.75) is 32.3 Å². The second-order valence-corrected chi connectivity index (χ2v) is 4.24.